The molecule has 1 aromatic heterocycles. The fourth-order valence-corrected chi connectivity index (χ4v) is 4.05. The lowest BCUT2D eigenvalue weighted by Crippen LogP contribution is -2.46. The molecule has 2 heterocycles. The number of nitriles is 1. The molecular weight excluding hydrogens is 451 g/mol. The molecule has 0 aliphatic carbocycles. The molecule has 3 aromatic rings. The first kappa shape index (κ1) is 22.8. The average molecular weight is 469 g/mol. The van der Waals surface area contributed by atoms with Crippen LogP contribution in [-0.2, 0) is 11.3 Å². The van der Waals surface area contributed by atoms with E-state index in [-0.39, 0.29) is 41.0 Å². The van der Waals surface area contributed by atoms with Crippen LogP contribution in [-0.4, -0.2) is 40.3 Å². The summed E-state index contributed by atoms with van der Waals surface area (Å²) >= 11 is 0. The Bertz CT molecular complexity index is 1450. The highest BCUT2D eigenvalue weighted by molar-refractivity contribution is 5.91. The smallest absolute Gasteiger partial charge is 0.322 e. The molecule has 2 aromatic carbocycles. The molecule has 174 valence electrons. The number of nitrogens with one attached hydrogen (secondary N) is 2. The minimum absolute atomic E-state index is 0.0181. The molecule has 0 saturated carbocycles. The highest BCUT2D eigenvalue weighted by atomic mass is 19.2. The number of rotatable bonds is 2. The first-order chi connectivity index (χ1) is 16.1. The number of carbonyl (C=O) groups is 2. The molecule has 1 atom stereocenters. The Balaban J connectivity index is 1.79. The SMILES string of the molecule is CC(=O)N1Cc2[nH]c(=O)c3cc(F)c(F)cc3c2C(N(C)C(=O)Nc2ccc(F)c(C#N)c2)C1. The Kier molecular flexibility index (Phi) is 5.75. The number of anilines is 1. The summed E-state index contributed by atoms with van der Waals surface area (Å²) in [6.45, 7) is 1.38. The second kappa shape index (κ2) is 8.55. The van der Waals surface area contributed by atoms with Crippen LogP contribution in [0.4, 0.5) is 23.7 Å². The van der Waals surface area contributed by atoms with E-state index in [1.165, 1.54) is 35.9 Å². The van der Waals surface area contributed by atoms with Crippen molar-refractivity contribution in [1.82, 2.24) is 14.8 Å². The summed E-state index contributed by atoms with van der Waals surface area (Å²) in [5.74, 6) is -3.40. The fraction of sp³-hybridized carbons (Fsp3) is 0.217. The molecule has 0 bridgehead atoms. The van der Waals surface area contributed by atoms with Crippen molar-refractivity contribution < 1.29 is 22.8 Å². The van der Waals surface area contributed by atoms with Crippen LogP contribution in [0.5, 0.6) is 0 Å². The van der Waals surface area contributed by atoms with Crippen LogP contribution in [0, 0.1) is 28.8 Å². The minimum atomic E-state index is -1.19. The van der Waals surface area contributed by atoms with Gasteiger partial charge in [0.1, 0.15) is 11.9 Å². The van der Waals surface area contributed by atoms with Crippen molar-refractivity contribution >= 4 is 28.4 Å². The van der Waals surface area contributed by atoms with Crippen molar-refractivity contribution in [2.75, 3.05) is 18.9 Å². The van der Waals surface area contributed by atoms with Gasteiger partial charge in [-0.1, -0.05) is 0 Å². The number of hydrogen-bond acceptors (Lipinski definition) is 4. The Labute approximate surface area is 191 Å². The minimum Gasteiger partial charge on any atom is -0.335 e. The molecule has 1 unspecified atom stereocenters. The zero-order chi connectivity index (χ0) is 24.7. The monoisotopic (exact) mass is 469 g/mol. The summed E-state index contributed by atoms with van der Waals surface area (Å²) < 4.78 is 41.6. The van der Waals surface area contributed by atoms with Crippen LogP contribution in [0.15, 0.2) is 35.1 Å². The molecule has 34 heavy (non-hydrogen) atoms. The van der Waals surface area contributed by atoms with Crippen molar-refractivity contribution in [3.05, 3.63) is 75.0 Å². The van der Waals surface area contributed by atoms with Gasteiger partial charge in [0.05, 0.1) is 23.5 Å². The number of aromatic amines is 1. The molecule has 0 radical (unpaired) electrons. The molecule has 11 heteroatoms. The van der Waals surface area contributed by atoms with Crippen LogP contribution >= 0.6 is 0 Å². The van der Waals surface area contributed by atoms with Gasteiger partial charge in [-0.2, -0.15) is 5.26 Å². The number of benzene rings is 2. The molecule has 1 aliphatic rings. The highest BCUT2D eigenvalue weighted by Crippen LogP contribution is 2.35. The number of halogens is 3. The van der Waals surface area contributed by atoms with Gasteiger partial charge in [-0.3, -0.25) is 9.59 Å². The van der Waals surface area contributed by atoms with Gasteiger partial charge in [-0.25, -0.2) is 18.0 Å². The van der Waals surface area contributed by atoms with Gasteiger partial charge in [0.25, 0.3) is 5.56 Å². The topological polar surface area (TPSA) is 109 Å². The predicted octanol–water partition coefficient (Wildman–Crippen LogP) is 3.38. The largest absolute Gasteiger partial charge is 0.335 e. The zero-order valence-electron chi connectivity index (χ0n) is 18.1. The van der Waals surface area contributed by atoms with Crippen molar-refractivity contribution in [2.24, 2.45) is 0 Å². The van der Waals surface area contributed by atoms with Crippen molar-refractivity contribution in [3.63, 3.8) is 0 Å². The van der Waals surface area contributed by atoms with Gasteiger partial charge in [0.2, 0.25) is 5.91 Å². The predicted molar refractivity (Wildman–Crippen MR) is 116 cm³/mol. The average Bonchev–Trinajstić information content (AvgIpc) is 2.80. The van der Waals surface area contributed by atoms with Gasteiger partial charge >= 0.3 is 6.03 Å². The summed E-state index contributed by atoms with van der Waals surface area (Å²) in [6.07, 6.45) is 0. The normalized spacial score (nSPS) is 14.9. The third-order valence-electron chi connectivity index (χ3n) is 5.83. The standard InChI is InChI=1S/C23H18F3N5O3/c1-11(32)31-9-19-21(14-6-17(25)18(26)7-15(14)22(33)29-19)20(10-31)30(2)23(34)28-13-3-4-16(24)12(5-13)8-27/h3-7,20H,9-10H2,1-2H3,(H,28,34)(H,29,33). The Morgan fingerprint density at radius 3 is 2.47 bits per heavy atom. The Morgan fingerprint density at radius 1 is 1.15 bits per heavy atom. The molecule has 3 amide bonds. The van der Waals surface area contributed by atoms with Gasteiger partial charge in [-0.15, -0.1) is 0 Å². The second-order valence-electron chi connectivity index (χ2n) is 7.92. The van der Waals surface area contributed by atoms with E-state index >= 15 is 0 Å². The number of urea groups is 1. The molecule has 0 fully saturated rings. The molecule has 4 rings (SSSR count). The molecule has 2 N–H and O–H groups in total. The van der Waals surface area contributed by atoms with E-state index in [0.717, 1.165) is 18.2 Å². The van der Waals surface area contributed by atoms with Gasteiger partial charge in [-0.05, 0) is 35.7 Å². The maximum Gasteiger partial charge on any atom is 0.322 e. The zero-order valence-corrected chi connectivity index (χ0v) is 18.1. The number of carbonyl (C=O) groups excluding carboxylic acids is 2. The first-order valence-electron chi connectivity index (χ1n) is 10.1. The first-order valence-corrected chi connectivity index (χ1v) is 10.1. The third-order valence-corrected chi connectivity index (χ3v) is 5.83. The summed E-state index contributed by atoms with van der Waals surface area (Å²) in [7, 11) is 1.43. The number of aromatic nitrogens is 1. The summed E-state index contributed by atoms with van der Waals surface area (Å²) in [5.41, 5.74) is -0.0798. The lowest BCUT2D eigenvalue weighted by molar-refractivity contribution is -0.130. The highest BCUT2D eigenvalue weighted by Gasteiger charge is 2.34. The lowest BCUT2D eigenvalue weighted by atomic mass is 9.93. The van der Waals surface area contributed by atoms with E-state index < -0.39 is 35.1 Å². The van der Waals surface area contributed by atoms with Crippen molar-refractivity contribution in [3.8, 4) is 6.07 Å². The van der Waals surface area contributed by atoms with Crippen LogP contribution < -0.4 is 10.9 Å². The molecular formula is C23H18F3N5O3. The number of fused-ring (bicyclic) bond motifs is 3. The van der Waals surface area contributed by atoms with Crippen LogP contribution in [0.25, 0.3) is 10.8 Å². The number of pyridine rings is 1. The fourth-order valence-electron chi connectivity index (χ4n) is 4.05. The van der Waals surface area contributed by atoms with Crippen LogP contribution in [0.1, 0.15) is 29.8 Å². The van der Waals surface area contributed by atoms with Crippen LogP contribution in [0.2, 0.25) is 0 Å². The molecule has 8 nitrogen and oxygen atoms in total. The van der Waals surface area contributed by atoms with Gasteiger partial charge in [0.15, 0.2) is 11.6 Å². The molecule has 0 spiro atoms. The number of amides is 3. The number of likely N-dealkylation sites (N-methyl/N-ethyl adjacent to an activating group) is 1. The number of hydrogen-bond donors (Lipinski definition) is 2. The molecule has 0 saturated heterocycles. The van der Waals surface area contributed by atoms with E-state index in [0.29, 0.717) is 11.3 Å². The molecule has 1 aliphatic heterocycles. The van der Waals surface area contributed by atoms with E-state index in [2.05, 4.69) is 10.3 Å². The third kappa shape index (κ3) is 3.94. The summed E-state index contributed by atoms with van der Waals surface area (Å²) in [5, 5.41) is 11.6. The van der Waals surface area contributed by atoms with E-state index in [4.69, 9.17) is 5.26 Å². The summed E-state index contributed by atoms with van der Waals surface area (Å²) in [6, 6.07) is 5.36. The summed E-state index contributed by atoms with van der Waals surface area (Å²) in [4.78, 5) is 43.0. The van der Waals surface area contributed by atoms with Crippen LogP contribution in [0.3, 0.4) is 0 Å². The Morgan fingerprint density at radius 2 is 1.82 bits per heavy atom. The Hall–Kier alpha value is -4.33. The second-order valence-corrected chi connectivity index (χ2v) is 7.92. The van der Waals surface area contributed by atoms with E-state index in [9.17, 15) is 27.6 Å². The number of H-pyrrole nitrogens is 1. The maximum atomic E-state index is 14.1. The van der Waals surface area contributed by atoms with Gasteiger partial charge < -0.3 is 20.1 Å². The number of nitrogens with zero attached hydrogens (tertiary/aromatic N) is 3. The van der Waals surface area contributed by atoms with E-state index in [1.54, 1.807) is 6.07 Å². The lowest BCUT2D eigenvalue weighted by Gasteiger charge is -2.39. The maximum absolute atomic E-state index is 14.1. The van der Waals surface area contributed by atoms with Crippen molar-refractivity contribution in [1.29, 1.82) is 5.26 Å². The van der Waals surface area contributed by atoms with Crippen molar-refractivity contribution in [2.45, 2.75) is 19.5 Å². The quantitative estimate of drug-likeness (QED) is 0.600. The van der Waals surface area contributed by atoms with Gasteiger partial charge in [0, 0.05) is 37.5 Å². The van der Waals surface area contributed by atoms with E-state index in [1.807, 2.05) is 0 Å².